The van der Waals surface area contributed by atoms with Crippen LogP contribution in [0.25, 0.3) is 0 Å². The van der Waals surface area contributed by atoms with E-state index in [1.165, 1.54) is 6.42 Å². The van der Waals surface area contributed by atoms with E-state index in [2.05, 4.69) is 25.2 Å². The summed E-state index contributed by atoms with van der Waals surface area (Å²) in [5, 5.41) is 12.0. The van der Waals surface area contributed by atoms with E-state index in [-0.39, 0.29) is 5.91 Å². The Labute approximate surface area is 110 Å². The number of carbonyl (C=O) groups excluding carboxylic acids is 1. The lowest BCUT2D eigenvalue weighted by Crippen LogP contribution is -2.35. The zero-order valence-electron chi connectivity index (χ0n) is 11.6. The minimum atomic E-state index is 0.214. The van der Waals surface area contributed by atoms with Gasteiger partial charge >= 0.3 is 0 Å². The maximum Gasteiger partial charge on any atom is 0.222 e. The third kappa shape index (κ3) is 5.50. The topological polar surface area (TPSA) is 56.1 Å². The number of nitrogens with zero attached hydrogens (tertiary/aromatic N) is 2. The smallest absolute Gasteiger partial charge is 0.222 e. The molecule has 0 aromatic rings. The van der Waals surface area contributed by atoms with Crippen LogP contribution in [0.2, 0.25) is 0 Å². The number of nitriles is 1. The molecule has 0 bridgehead atoms. The first-order valence-corrected chi connectivity index (χ1v) is 6.99. The maximum atomic E-state index is 12.1. The third-order valence-electron chi connectivity index (χ3n) is 3.36. The van der Waals surface area contributed by atoms with Crippen molar-refractivity contribution in [3.05, 3.63) is 0 Å². The fraction of sp³-hybridized carbons (Fsp3) is 0.857. The second-order valence-corrected chi connectivity index (χ2v) is 5.54. The maximum absolute atomic E-state index is 12.1. The van der Waals surface area contributed by atoms with E-state index in [9.17, 15) is 4.79 Å². The molecule has 4 heteroatoms. The summed E-state index contributed by atoms with van der Waals surface area (Å²) in [5.74, 6) is 1.33. The third-order valence-corrected chi connectivity index (χ3v) is 3.36. The first-order valence-electron chi connectivity index (χ1n) is 6.99. The van der Waals surface area contributed by atoms with Crippen LogP contribution in [0.15, 0.2) is 0 Å². The lowest BCUT2D eigenvalue weighted by atomic mass is 10.0. The van der Waals surface area contributed by atoms with Gasteiger partial charge in [-0.1, -0.05) is 13.8 Å². The molecule has 1 heterocycles. The van der Waals surface area contributed by atoms with Crippen molar-refractivity contribution in [2.45, 2.75) is 39.5 Å². The van der Waals surface area contributed by atoms with E-state index in [4.69, 9.17) is 5.26 Å². The van der Waals surface area contributed by atoms with Crippen LogP contribution in [0.5, 0.6) is 0 Å². The second kappa shape index (κ2) is 8.10. The lowest BCUT2D eigenvalue weighted by Gasteiger charge is -2.24. The van der Waals surface area contributed by atoms with Gasteiger partial charge in [0.05, 0.1) is 12.5 Å². The summed E-state index contributed by atoms with van der Waals surface area (Å²) < 4.78 is 0. The van der Waals surface area contributed by atoms with Gasteiger partial charge in [-0.2, -0.15) is 5.26 Å². The summed E-state index contributed by atoms with van der Waals surface area (Å²) in [6.45, 7) is 7.69. The van der Waals surface area contributed by atoms with Crippen molar-refractivity contribution in [2.75, 3.05) is 26.2 Å². The first kappa shape index (κ1) is 15.0. The molecule has 4 nitrogen and oxygen atoms in total. The fourth-order valence-electron chi connectivity index (χ4n) is 2.39. The Balaban J connectivity index is 2.34. The molecular weight excluding hydrogens is 226 g/mol. The average Bonchev–Trinajstić information content (AvgIpc) is 2.84. The SMILES string of the molecule is CC(C)CN(CCC#N)C(=O)CCC1CCNC1. The van der Waals surface area contributed by atoms with Crippen molar-refractivity contribution >= 4 is 5.91 Å². The summed E-state index contributed by atoms with van der Waals surface area (Å²) in [6.07, 6.45) is 3.23. The van der Waals surface area contributed by atoms with Crippen LogP contribution in [-0.4, -0.2) is 37.0 Å². The zero-order chi connectivity index (χ0) is 13.4. The van der Waals surface area contributed by atoms with Crippen molar-refractivity contribution < 1.29 is 4.79 Å². The molecule has 1 atom stereocenters. The molecule has 0 saturated carbocycles. The Bertz CT molecular complexity index is 290. The van der Waals surface area contributed by atoms with Gasteiger partial charge in [-0.25, -0.2) is 0 Å². The molecule has 0 radical (unpaired) electrons. The molecule has 0 aromatic carbocycles. The molecule has 1 aliphatic rings. The Hall–Kier alpha value is -1.08. The summed E-state index contributed by atoms with van der Waals surface area (Å²) in [7, 11) is 0. The second-order valence-electron chi connectivity index (χ2n) is 5.54. The van der Waals surface area contributed by atoms with E-state index < -0.39 is 0 Å². The van der Waals surface area contributed by atoms with Crippen molar-refractivity contribution in [3.63, 3.8) is 0 Å². The van der Waals surface area contributed by atoms with Crippen LogP contribution < -0.4 is 5.32 Å². The monoisotopic (exact) mass is 251 g/mol. The molecule has 1 fully saturated rings. The number of hydrogen-bond acceptors (Lipinski definition) is 3. The average molecular weight is 251 g/mol. The van der Waals surface area contributed by atoms with E-state index in [1.54, 1.807) is 0 Å². The highest BCUT2D eigenvalue weighted by atomic mass is 16.2. The van der Waals surface area contributed by atoms with Gasteiger partial charge in [-0.05, 0) is 37.8 Å². The highest BCUT2D eigenvalue weighted by molar-refractivity contribution is 5.76. The molecule has 1 rings (SSSR count). The van der Waals surface area contributed by atoms with Gasteiger partial charge in [-0.15, -0.1) is 0 Å². The molecule has 1 amide bonds. The van der Waals surface area contributed by atoms with E-state index >= 15 is 0 Å². The van der Waals surface area contributed by atoms with Crippen molar-refractivity contribution in [2.24, 2.45) is 11.8 Å². The van der Waals surface area contributed by atoms with Crippen molar-refractivity contribution in [1.29, 1.82) is 5.26 Å². The standard InChI is InChI=1S/C14H25N3O/c1-12(2)11-17(9-3-7-15)14(18)5-4-13-6-8-16-10-13/h12-13,16H,3-6,8-11H2,1-2H3. The number of hydrogen-bond donors (Lipinski definition) is 1. The Morgan fingerprint density at radius 2 is 2.33 bits per heavy atom. The number of rotatable bonds is 7. The van der Waals surface area contributed by atoms with Crippen LogP contribution in [0.4, 0.5) is 0 Å². The van der Waals surface area contributed by atoms with E-state index in [0.717, 1.165) is 26.1 Å². The summed E-state index contributed by atoms with van der Waals surface area (Å²) in [4.78, 5) is 14.0. The van der Waals surface area contributed by atoms with Gasteiger partial charge < -0.3 is 10.2 Å². The fourth-order valence-corrected chi connectivity index (χ4v) is 2.39. The van der Waals surface area contributed by atoms with Gasteiger partial charge in [0.15, 0.2) is 0 Å². The van der Waals surface area contributed by atoms with Crippen molar-refractivity contribution in [1.82, 2.24) is 10.2 Å². The molecule has 18 heavy (non-hydrogen) atoms. The van der Waals surface area contributed by atoms with E-state index in [1.807, 2.05) is 4.90 Å². The molecular formula is C14H25N3O. The van der Waals surface area contributed by atoms with Gasteiger partial charge in [0.2, 0.25) is 5.91 Å². The first-order chi connectivity index (χ1) is 8.63. The molecule has 102 valence electrons. The molecule has 1 aliphatic heterocycles. The predicted molar refractivity (Wildman–Crippen MR) is 71.9 cm³/mol. The normalized spacial score (nSPS) is 18.9. The van der Waals surface area contributed by atoms with Gasteiger partial charge in [0.1, 0.15) is 0 Å². The zero-order valence-corrected chi connectivity index (χ0v) is 11.6. The van der Waals surface area contributed by atoms with Crippen molar-refractivity contribution in [3.8, 4) is 6.07 Å². The molecule has 1 N–H and O–H groups in total. The van der Waals surface area contributed by atoms with Crippen LogP contribution in [0.3, 0.4) is 0 Å². The molecule has 0 aromatic heterocycles. The van der Waals surface area contributed by atoms with Gasteiger partial charge in [-0.3, -0.25) is 4.79 Å². The molecule has 0 spiro atoms. The quantitative estimate of drug-likeness (QED) is 0.750. The summed E-state index contributed by atoms with van der Waals surface area (Å²) >= 11 is 0. The molecule has 0 aliphatic carbocycles. The minimum absolute atomic E-state index is 0.214. The minimum Gasteiger partial charge on any atom is -0.341 e. The summed E-state index contributed by atoms with van der Waals surface area (Å²) in [6, 6.07) is 2.12. The highest BCUT2D eigenvalue weighted by Crippen LogP contribution is 2.15. The Morgan fingerprint density at radius 1 is 1.56 bits per heavy atom. The van der Waals surface area contributed by atoms with E-state index in [0.29, 0.717) is 31.2 Å². The predicted octanol–water partition coefficient (Wildman–Crippen LogP) is 1.77. The summed E-state index contributed by atoms with van der Waals surface area (Å²) in [5.41, 5.74) is 0. The Morgan fingerprint density at radius 3 is 2.89 bits per heavy atom. The van der Waals surface area contributed by atoms with Crippen LogP contribution >= 0.6 is 0 Å². The lowest BCUT2D eigenvalue weighted by molar-refractivity contribution is -0.132. The Kier molecular flexibility index (Phi) is 6.74. The van der Waals surface area contributed by atoms with Crippen LogP contribution in [0, 0.1) is 23.2 Å². The largest absolute Gasteiger partial charge is 0.341 e. The number of nitrogens with one attached hydrogen (secondary N) is 1. The van der Waals surface area contributed by atoms with Crippen LogP contribution in [0.1, 0.15) is 39.5 Å². The number of carbonyl (C=O) groups is 1. The number of amides is 1. The molecule has 1 unspecified atom stereocenters. The molecule has 1 saturated heterocycles. The van der Waals surface area contributed by atoms with Crippen LogP contribution in [-0.2, 0) is 4.79 Å². The van der Waals surface area contributed by atoms with Gasteiger partial charge in [0, 0.05) is 19.5 Å². The van der Waals surface area contributed by atoms with Gasteiger partial charge in [0.25, 0.3) is 0 Å². The highest BCUT2D eigenvalue weighted by Gasteiger charge is 2.19.